The second-order valence-electron chi connectivity index (χ2n) is 4.59. The topological polar surface area (TPSA) is 84.2 Å². The van der Waals surface area contributed by atoms with Crippen LogP contribution in [-0.4, -0.2) is 24.1 Å². The minimum absolute atomic E-state index is 0.369. The molecule has 6 nitrogen and oxygen atoms in total. The minimum atomic E-state index is -0.783. The molecule has 0 aliphatic heterocycles. The number of aromatic nitrogens is 1. The third-order valence-electron chi connectivity index (χ3n) is 2.94. The molecule has 0 saturated heterocycles. The van der Waals surface area contributed by atoms with E-state index in [0.717, 1.165) is 0 Å². The molecule has 1 N–H and O–H groups in total. The van der Waals surface area contributed by atoms with Crippen LogP contribution < -0.4 is 14.8 Å². The number of halogens is 1. The Bertz CT molecular complexity index is 741. The van der Waals surface area contributed by atoms with Gasteiger partial charge in [-0.15, -0.1) is 0 Å². The van der Waals surface area contributed by atoms with Gasteiger partial charge in [-0.3, -0.25) is 4.79 Å². The molecule has 1 amide bonds. The van der Waals surface area contributed by atoms with E-state index in [1.807, 2.05) is 6.07 Å². The van der Waals surface area contributed by atoms with Crippen molar-refractivity contribution >= 4 is 23.3 Å². The lowest BCUT2D eigenvalue weighted by molar-refractivity contribution is -0.122. The molecule has 0 spiro atoms. The molecule has 1 atom stereocenters. The van der Waals surface area contributed by atoms with Crippen molar-refractivity contribution in [1.29, 1.82) is 5.26 Å². The Morgan fingerprint density at radius 1 is 1.35 bits per heavy atom. The van der Waals surface area contributed by atoms with Crippen molar-refractivity contribution in [3.63, 3.8) is 0 Å². The highest BCUT2D eigenvalue weighted by atomic mass is 35.5. The SMILES string of the molecule is COc1cc(C#N)ccc1OC(C)C(=O)Nc1ccc(Cl)cn1. The van der Waals surface area contributed by atoms with Crippen LogP contribution in [0.25, 0.3) is 0 Å². The predicted octanol–water partition coefficient (Wildman–Crippen LogP) is 3.02. The summed E-state index contributed by atoms with van der Waals surface area (Å²) in [7, 11) is 1.46. The van der Waals surface area contributed by atoms with Crippen molar-refractivity contribution in [2.45, 2.75) is 13.0 Å². The molecule has 1 heterocycles. The number of nitrogens with one attached hydrogen (secondary N) is 1. The molecule has 23 heavy (non-hydrogen) atoms. The van der Waals surface area contributed by atoms with Gasteiger partial charge in [0, 0.05) is 12.3 Å². The molecule has 7 heteroatoms. The number of ether oxygens (including phenoxy) is 2. The number of methoxy groups -OCH3 is 1. The van der Waals surface area contributed by atoms with Crippen LogP contribution in [0.3, 0.4) is 0 Å². The van der Waals surface area contributed by atoms with Crippen molar-refractivity contribution in [3.8, 4) is 17.6 Å². The fourth-order valence-corrected chi connectivity index (χ4v) is 1.87. The molecule has 0 bridgehead atoms. The van der Waals surface area contributed by atoms with Crippen LogP contribution >= 0.6 is 11.6 Å². The van der Waals surface area contributed by atoms with Crippen LogP contribution in [0.4, 0.5) is 5.82 Å². The number of carbonyl (C=O) groups is 1. The van der Waals surface area contributed by atoms with Crippen molar-refractivity contribution in [1.82, 2.24) is 4.98 Å². The number of nitrogens with zero attached hydrogens (tertiary/aromatic N) is 2. The Labute approximate surface area is 138 Å². The van der Waals surface area contributed by atoms with Gasteiger partial charge in [0.25, 0.3) is 5.91 Å². The summed E-state index contributed by atoms with van der Waals surface area (Å²) in [5.41, 5.74) is 0.441. The molecule has 0 saturated carbocycles. The summed E-state index contributed by atoms with van der Waals surface area (Å²) in [5.74, 6) is 0.763. The molecule has 2 aromatic rings. The summed E-state index contributed by atoms with van der Waals surface area (Å²) in [6, 6.07) is 9.94. The Kier molecular flexibility index (Phi) is 5.39. The van der Waals surface area contributed by atoms with Gasteiger partial charge in [-0.2, -0.15) is 5.26 Å². The van der Waals surface area contributed by atoms with Crippen LogP contribution in [0.5, 0.6) is 11.5 Å². The summed E-state index contributed by atoms with van der Waals surface area (Å²) >= 11 is 5.74. The molecular formula is C16H14ClN3O3. The van der Waals surface area contributed by atoms with Crippen LogP contribution in [0.2, 0.25) is 5.02 Å². The molecule has 1 unspecified atom stereocenters. The van der Waals surface area contributed by atoms with E-state index in [2.05, 4.69) is 10.3 Å². The number of nitriles is 1. The van der Waals surface area contributed by atoms with E-state index in [9.17, 15) is 4.79 Å². The molecule has 0 radical (unpaired) electrons. The molecule has 0 aliphatic rings. The fraction of sp³-hybridized carbons (Fsp3) is 0.188. The highest BCUT2D eigenvalue weighted by Gasteiger charge is 2.17. The van der Waals surface area contributed by atoms with Gasteiger partial charge < -0.3 is 14.8 Å². The Morgan fingerprint density at radius 2 is 2.13 bits per heavy atom. The number of carbonyl (C=O) groups excluding carboxylic acids is 1. The lowest BCUT2D eigenvalue weighted by Gasteiger charge is -2.16. The standard InChI is InChI=1S/C16H14ClN3O3/c1-10(16(21)20-15-6-4-12(17)9-19-15)23-13-5-3-11(8-18)7-14(13)22-2/h3-7,9-10H,1-2H3,(H,19,20,21). The number of pyridine rings is 1. The monoisotopic (exact) mass is 331 g/mol. The number of benzene rings is 1. The summed E-state index contributed by atoms with van der Waals surface area (Å²) in [5, 5.41) is 12.0. The maximum absolute atomic E-state index is 12.1. The van der Waals surface area contributed by atoms with Gasteiger partial charge in [0.05, 0.1) is 23.8 Å². The van der Waals surface area contributed by atoms with Crippen molar-refractivity contribution in [2.24, 2.45) is 0 Å². The van der Waals surface area contributed by atoms with E-state index in [0.29, 0.717) is 27.9 Å². The number of hydrogen-bond acceptors (Lipinski definition) is 5. The Morgan fingerprint density at radius 3 is 2.74 bits per heavy atom. The van der Waals surface area contributed by atoms with Crippen LogP contribution in [-0.2, 0) is 4.79 Å². The Balaban J connectivity index is 2.06. The predicted molar refractivity (Wildman–Crippen MR) is 85.7 cm³/mol. The highest BCUT2D eigenvalue weighted by Crippen LogP contribution is 2.28. The number of rotatable bonds is 5. The number of anilines is 1. The molecule has 1 aromatic heterocycles. The average Bonchev–Trinajstić information content (AvgIpc) is 2.57. The number of hydrogen-bond donors (Lipinski definition) is 1. The van der Waals surface area contributed by atoms with E-state index < -0.39 is 6.10 Å². The summed E-state index contributed by atoms with van der Waals surface area (Å²) < 4.78 is 10.8. The summed E-state index contributed by atoms with van der Waals surface area (Å²) in [6.07, 6.45) is 0.654. The zero-order valence-corrected chi connectivity index (χ0v) is 13.3. The van der Waals surface area contributed by atoms with E-state index in [1.165, 1.54) is 13.3 Å². The van der Waals surface area contributed by atoms with Gasteiger partial charge in [-0.05, 0) is 31.2 Å². The van der Waals surface area contributed by atoms with E-state index >= 15 is 0 Å². The van der Waals surface area contributed by atoms with Crippen LogP contribution in [0, 0.1) is 11.3 Å². The van der Waals surface area contributed by atoms with Gasteiger partial charge in [0.15, 0.2) is 17.6 Å². The molecular weight excluding hydrogens is 318 g/mol. The second kappa shape index (κ2) is 7.47. The van der Waals surface area contributed by atoms with Crippen molar-refractivity contribution in [2.75, 3.05) is 12.4 Å². The van der Waals surface area contributed by atoms with E-state index in [1.54, 1.807) is 37.3 Å². The first-order valence-electron chi connectivity index (χ1n) is 6.70. The van der Waals surface area contributed by atoms with E-state index in [-0.39, 0.29) is 5.91 Å². The maximum atomic E-state index is 12.1. The lowest BCUT2D eigenvalue weighted by atomic mass is 10.2. The first-order valence-corrected chi connectivity index (χ1v) is 7.08. The van der Waals surface area contributed by atoms with E-state index in [4.69, 9.17) is 26.3 Å². The smallest absolute Gasteiger partial charge is 0.266 e. The van der Waals surface area contributed by atoms with Gasteiger partial charge >= 0.3 is 0 Å². The second-order valence-corrected chi connectivity index (χ2v) is 5.02. The molecule has 0 aliphatic carbocycles. The highest BCUT2D eigenvalue weighted by molar-refractivity contribution is 6.30. The first-order chi connectivity index (χ1) is 11.0. The number of amides is 1. The Hall–Kier alpha value is -2.78. The largest absolute Gasteiger partial charge is 0.493 e. The van der Waals surface area contributed by atoms with Crippen LogP contribution in [0.15, 0.2) is 36.5 Å². The van der Waals surface area contributed by atoms with Crippen molar-refractivity contribution in [3.05, 3.63) is 47.1 Å². The third-order valence-corrected chi connectivity index (χ3v) is 3.17. The van der Waals surface area contributed by atoms with Gasteiger partial charge in [-0.1, -0.05) is 11.6 Å². The minimum Gasteiger partial charge on any atom is -0.493 e. The van der Waals surface area contributed by atoms with Crippen molar-refractivity contribution < 1.29 is 14.3 Å². The zero-order chi connectivity index (χ0) is 16.8. The lowest BCUT2D eigenvalue weighted by Crippen LogP contribution is -2.30. The van der Waals surface area contributed by atoms with Gasteiger partial charge in [0.2, 0.25) is 0 Å². The molecule has 1 aromatic carbocycles. The maximum Gasteiger partial charge on any atom is 0.266 e. The molecule has 118 valence electrons. The summed E-state index contributed by atoms with van der Waals surface area (Å²) in [4.78, 5) is 16.1. The first kappa shape index (κ1) is 16.6. The molecule has 2 rings (SSSR count). The molecule has 0 fully saturated rings. The quantitative estimate of drug-likeness (QED) is 0.910. The zero-order valence-electron chi connectivity index (χ0n) is 12.5. The summed E-state index contributed by atoms with van der Waals surface area (Å²) in [6.45, 7) is 1.60. The average molecular weight is 332 g/mol. The normalized spacial score (nSPS) is 11.2. The third kappa shape index (κ3) is 4.34. The fourth-order valence-electron chi connectivity index (χ4n) is 1.76. The van der Waals surface area contributed by atoms with Gasteiger partial charge in [-0.25, -0.2) is 4.98 Å². The van der Waals surface area contributed by atoms with Gasteiger partial charge in [0.1, 0.15) is 5.82 Å². The van der Waals surface area contributed by atoms with Crippen LogP contribution in [0.1, 0.15) is 12.5 Å².